The Morgan fingerprint density at radius 3 is 1.18 bits per heavy atom. The molecule has 2 aromatic rings. The highest BCUT2D eigenvalue weighted by molar-refractivity contribution is 6.00. The van der Waals surface area contributed by atoms with E-state index in [0.717, 1.165) is 11.1 Å². The van der Waals surface area contributed by atoms with E-state index in [4.69, 9.17) is 18.9 Å². The van der Waals surface area contributed by atoms with E-state index in [1.54, 1.807) is 118 Å². The van der Waals surface area contributed by atoms with E-state index in [1.807, 2.05) is 0 Å². The van der Waals surface area contributed by atoms with Crippen LogP contribution in [0.1, 0.15) is 103 Å². The zero-order valence-electron chi connectivity index (χ0n) is 36.1. The Morgan fingerprint density at radius 2 is 0.900 bits per heavy atom. The van der Waals surface area contributed by atoms with Crippen LogP contribution in [0.2, 0.25) is 0 Å². The predicted octanol–water partition coefficient (Wildman–Crippen LogP) is 5.11. The Hall–Kier alpha value is -5.80. The summed E-state index contributed by atoms with van der Waals surface area (Å²) in [5, 5.41) is 5.13. The maximum absolute atomic E-state index is 13.2. The summed E-state index contributed by atoms with van der Waals surface area (Å²) in [6.07, 6.45) is -0.880. The lowest BCUT2D eigenvalue weighted by Crippen LogP contribution is -2.50. The molecule has 16 nitrogen and oxygen atoms in total. The van der Waals surface area contributed by atoms with E-state index in [0.29, 0.717) is 11.1 Å². The first-order valence-corrected chi connectivity index (χ1v) is 20.2. The molecule has 326 valence electrons. The van der Waals surface area contributed by atoms with Crippen LogP contribution in [0, 0.1) is 11.8 Å². The molecule has 0 aromatic heterocycles. The standard InChI is InChI=1S/C44H58N4O12/c1-25(2)35(47-21-19-31(37(47)51)45-41(55)59-43(5,6)7)39(53)57-23-33(49)29-15-11-27(12-16-29)28-13-17-30(18-14-28)34(50)24-58-40(54)36(26(3)4)48-22-20-32(38(48)52)46-42(56)60-44(8,9)10/h11-18,25-26,31-32,35-36H,19-24H2,1-10H3,(H,45,55)(H,46,56)/t31-,32?,35-,36-/m0/s1. The number of esters is 2. The number of carbonyl (C=O) groups excluding carboxylic acids is 8. The van der Waals surface area contributed by atoms with Crippen LogP contribution in [-0.4, -0.2) is 119 Å². The van der Waals surface area contributed by atoms with Gasteiger partial charge in [-0.3, -0.25) is 19.2 Å². The largest absolute Gasteiger partial charge is 0.456 e. The number of nitrogens with zero attached hydrogens (tertiary/aromatic N) is 2. The molecule has 0 aliphatic carbocycles. The number of Topliss-reactive ketones (excluding diaryl/α,β-unsaturated/α-hetero) is 2. The normalized spacial score (nSPS) is 17.9. The average Bonchev–Trinajstić information content (AvgIpc) is 3.67. The van der Waals surface area contributed by atoms with E-state index < -0.39 is 96.1 Å². The number of ketones is 2. The van der Waals surface area contributed by atoms with Crippen molar-refractivity contribution in [3.05, 3.63) is 59.7 Å². The third-order valence-electron chi connectivity index (χ3n) is 9.72. The third kappa shape index (κ3) is 12.6. The summed E-state index contributed by atoms with van der Waals surface area (Å²) >= 11 is 0. The average molecular weight is 835 g/mol. The molecule has 2 heterocycles. The van der Waals surface area contributed by atoms with E-state index >= 15 is 0 Å². The van der Waals surface area contributed by atoms with Crippen LogP contribution in [0.5, 0.6) is 0 Å². The van der Waals surface area contributed by atoms with Gasteiger partial charge < -0.3 is 39.4 Å². The molecular weight excluding hydrogens is 776 g/mol. The van der Waals surface area contributed by atoms with Gasteiger partial charge in [-0.25, -0.2) is 19.2 Å². The summed E-state index contributed by atoms with van der Waals surface area (Å²) in [7, 11) is 0. The molecular formula is C44H58N4O12. The predicted molar refractivity (Wildman–Crippen MR) is 219 cm³/mol. The molecule has 16 heteroatoms. The van der Waals surface area contributed by atoms with E-state index in [-0.39, 0.29) is 37.8 Å². The fraction of sp³-hybridized carbons (Fsp3) is 0.545. The summed E-state index contributed by atoms with van der Waals surface area (Å²) in [5.74, 6) is -3.88. The van der Waals surface area contributed by atoms with Gasteiger partial charge in [0.15, 0.2) is 24.8 Å². The van der Waals surface area contributed by atoms with Crippen LogP contribution in [-0.2, 0) is 38.1 Å². The van der Waals surface area contributed by atoms with Crippen LogP contribution in [0.15, 0.2) is 48.5 Å². The van der Waals surface area contributed by atoms with Crippen molar-refractivity contribution in [3.63, 3.8) is 0 Å². The van der Waals surface area contributed by atoms with Crippen molar-refractivity contribution in [2.75, 3.05) is 26.3 Å². The van der Waals surface area contributed by atoms with Crippen LogP contribution < -0.4 is 10.6 Å². The topological polar surface area (TPSA) is 204 Å². The van der Waals surface area contributed by atoms with Gasteiger partial charge in [0, 0.05) is 24.2 Å². The molecule has 2 saturated heterocycles. The monoisotopic (exact) mass is 834 g/mol. The van der Waals surface area contributed by atoms with Crippen LogP contribution >= 0.6 is 0 Å². The lowest BCUT2D eigenvalue weighted by Gasteiger charge is -2.29. The molecule has 4 rings (SSSR count). The minimum Gasteiger partial charge on any atom is -0.456 e. The number of ether oxygens (including phenoxy) is 4. The van der Waals surface area contributed by atoms with Crippen molar-refractivity contribution in [3.8, 4) is 11.1 Å². The number of hydrogen-bond acceptors (Lipinski definition) is 12. The van der Waals surface area contributed by atoms with Crippen molar-refractivity contribution < 1.29 is 57.3 Å². The maximum atomic E-state index is 13.2. The second kappa shape index (κ2) is 19.5. The molecule has 2 aliphatic rings. The van der Waals surface area contributed by atoms with Crippen molar-refractivity contribution in [2.45, 2.75) is 117 Å². The zero-order chi connectivity index (χ0) is 44.7. The summed E-state index contributed by atoms with van der Waals surface area (Å²) in [4.78, 5) is 106. The van der Waals surface area contributed by atoms with Gasteiger partial charge in [-0.05, 0) is 77.3 Å². The molecule has 2 N–H and O–H groups in total. The molecule has 2 fully saturated rings. The van der Waals surface area contributed by atoms with Gasteiger partial charge >= 0.3 is 24.1 Å². The van der Waals surface area contributed by atoms with Gasteiger partial charge in [0.2, 0.25) is 11.8 Å². The number of amides is 4. The zero-order valence-corrected chi connectivity index (χ0v) is 36.1. The van der Waals surface area contributed by atoms with Crippen molar-refractivity contribution in [1.82, 2.24) is 20.4 Å². The molecule has 0 radical (unpaired) electrons. The number of benzene rings is 2. The Bertz CT molecular complexity index is 1790. The summed E-state index contributed by atoms with van der Waals surface area (Å²) in [6.45, 7) is 16.7. The Labute approximate surface area is 351 Å². The first-order chi connectivity index (χ1) is 28.0. The molecule has 0 bridgehead atoms. The van der Waals surface area contributed by atoms with Crippen LogP contribution in [0.3, 0.4) is 0 Å². The van der Waals surface area contributed by atoms with E-state index in [1.165, 1.54) is 9.80 Å². The lowest BCUT2D eigenvalue weighted by atomic mass is 10.0. The number of alkyl carbamates (subject to hydrolysis) is 2. The minimum atomic E-state index is -0.957. The van der Waals surface area contributed by atoms with E-state index in [2.05, 4.69) is 10.6 Å². The molecule has 60 heavy (non-hydrogen) atoms. The second-order valence-corrected chi connectivity index (χ2v) is 17.6. The Morgan fingerprint density at radius 1 is 0.583 bits per heavy atom. The highest BCUT2D eigenvalue weighted by atomic mass is 16.6. The minimum absolute atomic E-state index is 0.218. The first-order valence-electron chi connectivity index (χ1n) is 20.2. The van der Waals surface area contributed by atoms with Crippen molar-refractivity contribution >= 4 is 47.5 Å². The Kier molecular flexibility index (Phi) is 15.2. The Balaban J connectivity index is 1.28. The van der Waals surface area contributed by atoms with E-state index in [9.17, 15) is 38.4 Å². The SMILES string of the molecule is CC(C)[C@@H](C(=O)OCC(=O)c1ccc(-c2ccc(C(=O)COC(=O)[C@H](C(C)C)N3CC[C@H](NC(=O)OC(C)(C)C)C3=O)cc2)cc1)N1CCC(NC(=O)OC(C)(C)C)C1=O. The number of nitrogens with one attached hydrogen (secondary N) is 2. The highest BCUT2D eigenvalue weighted by Gasteiger charge is 2.43. The maximum Gasteiger partial charge on any atom is 0.408 e. The molecule has 4 atom stereocenters. The number of rotatable bonds is 15. The number of carbonyl (C=O) groups is 8. The van der Waals surface area contributed by atoms with Gasteiger partial charge in [-0.15, -0.1) is 0 Å². The smallest absolute Gasteiger partial charge is 0.408 e. The quantitative estimate of drug-likeness (QED) is 0.137. The van der Waals surface area contributed by atoms with Crippen molar-refractivity contribution in [2.24, 2.45) is 11.8 Å². The molecule has 0 spiro atoms. The van der Waals surface area contributed by atoms with Crippen LogP contribution in [0.4, 0.5) is 9.59 Å². The van der Waals surface area contributed by atoms with Gasteiger partial charge in [-0.1, -0.05) is 76.2 Å². The molecule has 2 aliphatic heterocycles. The summed E-state index contributed by atoms with van der Waals surface area (Å²) in [6, 6.07) is 9.61. The second-order valence-electron chi connectivity index (χ2n) is 17.6. The van der Waals surface area contributed by atoms with Gasteiger partial charge in [0.1, 0.15) is 35.4 Å². The molecule has 2 aromatic carbocycles. The number of likely N-dealkylation sites (tertiary alicyclic amines) is 2. The van der Waals surface area contributed by atoms with Gasteiger partial charge in [-0.2, -0.15) is 0 Å². The number of hydrogen-bond donors (Lipinski definition) is 2. The summed E-state index contributed by atoms with van der Waals surface area (Å²) in [5.41, 5.74) is 0.592. The van der Waals surface area contributed by atoms with Crippen LogP contribution in [0.25, 0.3) is 11.1 Å². The fourth-order valence-corrected chi connectivity index (χ4v) is 6.95. The van der Waals surface area contributed by atoms with Crippen molar-refractivity contribution in [1.29, 1.82) is 0 Å². The first kappa shape index (κ1) is 46.9. The third-order valence-corrected chi connectivity index (χ3v) is 9.72. The van der Waals surface area contributed by atoms with Gasteiger partial charge in [0.05, 0.1) is 0 Å². The summed E-state index contributed by atoms with van der Waals surface area (Å²) < 4.78 is 21.3. The highest BCUT2D eigenvalue weighted by Crippen LogP contribution is 2.25. The lowest BCUT2D eigenvalue weighted by molar-refractivity contribution is -0.155. The fourth-order valence-electron chi connectivity index (χ4n) is 6.95. The van der Waals surface area contributed by atoms with Gasteiger partial charge in [0.25, 0.3) is 0 Å². The molecule has 0 saturated carbocycles. The molecule has 4 amide bonds. The molecule has 1 unspecified atom stereocenters.